The molecule has 0 aromatic heterocycles. The second-order valence-electron chi connectivity index (χ2n) is 14.1. The fraction of sp³-hybridized carbons (Fsp3) is 0.0612. The molecule has 0 atom stereocenters. The highest BCUT2D eigenvalue weighted by atomic mass is 15.1. The van der Waals surface area contributed by atoms with E-state index in [9.17, 15) is 0 Å². The summed E-state index contributed by atoms with van der Waals surface area (Å²) in [5, 5.41) is 2.67. The van der Waals surface area contributed by atoms with Crippen LogP contribution in [-0.2, 0) is 5.41 Å². The van der Waals surface area contributed by atoms with Crippen LogP contribution in [0.2, 0.25) is 0 Å². The Kier molecular flexibility index (Phi) is 6.29. The van der Waals surface area contributed by atoms with Gasteiger partial charge < -0.3 is 4.90 Å². The van der Waals surface area contributed by atoms with Gasteiger partial charge in [-0.15, -0.1) is 0 Å². The Morgan fingerprint density at radius 1 is 0.380 bits per heavy atom. The van der Waals surface area contributed by atoms with Gasteiger partial charge in [-0.3, -0.25) is 0 Å². The summed E-state index contributed by atoms with van der Waals surface area (Å²) in [6, 6.07) is 64.7. The lowest BCUT2D eigenvalue weighted by Gasteiger charge is -2.29. The van der Waals surface area contributed by atoms with Gasteiger partial charge in [0.1, 0.15) is 0 Å². The van der Waals surface area contributed by atoms with Crippen LogP contribution in [0.4, 0.5) is 17.1 Å². The molecule has 8 aromatic carbocycles. The summed E-state index contributed by atoms with van der Waals surface area (Å²) < 4.78 is 0. The average molecular weight is 638 g/mol. The smallest absolute Gasteiger partial charge is 0.0543 e. The summed E-state index contributed by atoms with van der Waals surface area (Å²) in [5.74, 6) is 0. The predicted octanol–water partition coefficient (Wildman–Crippen LogP) is 13.6. The quantitative estimate of drug-likeness (QED) is 0.181. The Morgan fingerprint density at radius 2 is 0.960 bits per heavy atom. The van der Waals surface area contributed by atoms with Crippen molar-refractivity contribution in [3.63, 3.8) is 0 Å². The fourth-order valence-electron chi connectivity index (χ4n) is 8.65. The number of rotatable bonds is 5. The molecular weight excluding hydrogens is 603 g/mol. The van der Waals surface area contributed by atoms with Crippen LogP contribution in [0.3, 0.4) is 0 Å². The Bertz CT molecular complexity index is 2580. The number of hydrogen-bond acceptors (Lipinski definition) is 1. The topological polar surface area (TPSA) is 3.24 Å². The zero-order chi connectivity index (χ0) is 33.4. The summed E-state index contributed by atoms with van der Waals surface area (Å²) in [6.45, 7) is 4.70. The van der Waals surface area contributed by atoms with Crippen LogP contribution in [0.5, 0.6) is 0 Å². The highest BCUT2D eigenvalue weighted by Gasteiger charge is 2.37. The van der Waals surface area contributed by atoms with E-state index in [1.807, 2.05) is 0 Å². The standard InChI is InChI=1S/C49H35N/c1-49(2)44-22-9-8-19-43(44)48-45(49)23-12-24-46(48)50(35-14-4-3-5-15-35)36-16-10-13-34(31-36)32-25-27-33(28-26-32)37-29-30-42-39-18-7-6-17-38(39)41-21-11-20-40(37)47(41)42/h3-31H,1-2H3. The van der Waals surface area contributed by atoms with Crippen molar-refractivity contribution in [2.75, 3.05) is 4.90 Å². The van der Waals surface area contributed by atoms with Crippen LogP contribution < -0.4 is 4.90 Å². The Labute approximate surface area is 293 Å². The lowest BCUT2D eigenvalue weighted by atomic mass is 9.82. The molecule has 0 radical (unpaired) electrons. The summed E-state index contributed by atoms with van der Waals surface area (Å²) >= 11 is 0. The number of fused-ring (bicyclic) bond motifs is 6. The number of nitrogens with zero attached hydrogens (tertiary/aromatic N) is 1. The molecule has 236 valence electrons. The van der Waals surface area contributed by atoms with Crippen LogP contribution in [0.25, 0.3) is 66.4 Å². The lowest BCUT2D eigenvalue weighted by Crippen LogP contribution is -2.16. The number of anilines is 3. The van der Waals surface area contributed by atoms with Gasteiger partial charge >= 0.3 is 0 Å². The molecule has 0 fully saturated rings. The van der Waals surface area contributed by atoms with Crippen molar-refractivity contribution in [3.05, 3.63) is 187 Å². The van der Waals surface area contributed by atoms with Gasteiger partial charge in [0.2, 0.25) is 0 Å². The van der Waals surface area contributed by atoms with Crippen molar-refractivity contribution in [1.82, 2.24) is 0 Å². The predicted molar refractivity (Wildman–Crippen MR) is 211 cm³/mol. The molecule has 10 rings (SSSR count). The van der Waals surface area contributed by atoms with Gasteiger partial charge in [0, 0.05) is 22.4 Å². The molecule has 2 aliphatic rings. The van der Waals surface area contributed by atoms with Crippen molar-refractivity contribution in [1.29, 1.82) is 0 Å². The third-order valence-corrected chi connectivity index (χ3v) is 11.0. The average Bonchev–Trinajstić information content (AvgIpc) is 3.62. The molecule has 0 amide bonds. The van der Waals surface area contributed by atoms with E-state index in [2.05, 4.69) is 195 Å². The molecule has 0 heterocycles. The van der Waals surface area contributed by atoms with E-state index in [1.54, 1.807) is 0 Å². The van der Waals surface area contributed by atoms with Gasteiger partial charge in [0.15, 0.2) is 0 Å². The van der Waals surface area contributed by atoms with Crippen molar-refractivity contribution in [2.45, 2.75) is 19.3 Å². The maximum absolute atomic E-state index is 2.43. The second-order valence-corrected chi connectivity index (χ2v) is 14.1. The Hall–Kier alpha value is -6.18. The summed E-state index contributed by atoms with van der Waals surface area (Å²) in [4.78, 5) is 2.43. The SMILES string of the molecule is CC1(C)c2ccccc2-c2c(N(c3ccccc3)c3cccc(-c4ccc(-c5ccc6c7c(cccc57)-c5ccccc5-6)cc4)c3)cccc21. The van der Waals surface area contributed by atoms with E-state index >= 15 is 0 Å². The highest BCUT2D eigenvalue weighted by Crippen LogP contribution is 2.54. The van der Waals surface area contributed by atoms with Crippen molar-refractivity contribution < 1.29 is 0 Å². The first-order chi connectivity index (χ1) is 24.6. The molecule has 2 aliphatic carbocycles. The van der Waals surface area contributed by atoms with Gasteiger partial charge in [0.05, 0.1) is 5.69 Å². The van der Waals surface area contributed by atoms with Crippen molar-refractivity contribution in [2.24, 2.45) is 0 Å². The minimum Gasteiger partial charge on any atom is -0.310 e. The maximum atomic E-state index is 2.43. The van der Waals surface area contributed by atoms with E-state index in [-0.39, 0.29) is 5.41 Å². The normalized spacial score (nSPS) is 13.2. The van der Waals surface area contributed by atoms with E-state index in [4.69, 9.17) is 0 Å². The first-order valence-electron chi connectivity index (χ1n) is 17.5. The zero-order valence-corrected chi connectivity index (χ0v) is 28.2. The van der Waals surface area contributed by atoms with E-state index in [0.29, 0.717) is 0 Å². The minimum absolute atomic E-state index is 0.0666. The summed E-state index contributed by atoms with van der Waals surface area (Å²) in [5.41, 5.74) is 19.0. The largest absolute Gasteiger partial charge is 0.310 e. The molecule has 0 spiro atoms. The van der Waals surface area contributed by atoms with Crippen LogP contribution in [0.15, 0.2) is 176 Å². The molecular formula is C49H35N. The fourth-order valence-corrected chi connectivity index (χ4v) is 8.65. The van der Waals surface area contributed by atoms with Gasteiger partial charge in [-0.2, -0.15) is 0 Å². The summed E-state index contributed by atoms with van der Waals surface area (Å²) in [6.07, 6.45) is 0. The minimum atomic E-state index is -0.0666. The van der Waals surface area contributed by atoms with Crippen LogP contribution in [0, 0.1) is 0 Å². The lowest BCUT2D eigenvalue weighted by molar-refractivity contribution is 0.660. The molecule has 1 heteroatoms. The monoisotopic (exact) mass is 637 g/mol. The molecule has 50 heavy (non-hydrogen) atoms. The Morgan fingerprint density at radius 3 is 1.76 bits per heavy atom. The van der Waals surface area contributed by atoms with E-state index < -0.39 is 0 Å². The van der Waals surface area contributed by atoms with Crippen molar-refractivity contribution >= 4 is 27.8 Å². The third-order valence-electron chi connectivity index (χ3n) is 11.0. The molecule has 0 N–H and O–H groups in total. The molecule has 0 saturated carbocycles. The maximum Gasteiger partial charge on any atom is 0.0543 e. The molecule has 0 bridgehead atoms. The number of para-hydroxylation sites is 1. The zero-order valence-electron chi connectivity index (χ0n) is 28.2. The third kappa shape index (κ3) is 4.20. The first kappa shape index (κ1) is 28.8. The molecule has 1 nitrogen and oxygen atoms in total. The van der Waals surface area contributed by atoms with Gasteiger partial charge in [-0.25, -0.2) is 0 Å². The molecule has 0 unspecified atom stereocenters. The number of benzene rings is 8. The van der Waals surface area contributed by atoms with Gasteiger partial charge in [0.25, 0.3) is 0 Å². The highest BCUT2D eigenvalue weighted by molar-refractivity contribution is 6.18. The molecule has 8 aromatic rings. The van der Waals surface area contributed by atoms with Crippen LogP contribution >= 0.6 is 0 Å². The van der Waals surface area contributed by atoms with E-state index in [1.165, 1.54) is 83.2 Å². The Balaban J connectivity index is 1.06. The molecule has 0 aliphatic heterocycles. The second kappa shape index (κ2) is 10.9. The van der Waals surface area contributed by atoms with Crippen LogP contribution in [0.1, 0.15) is 25.0 Å². The first-order valence-corrected chi connectivity index (χ1v) is 17.5. The summed E-state index contributed by atoms with van der Waals surface area (Å²) in [7, 11) is 0. The number of hydrogen-bond donors (Lipinski definition) is 0. The van der Waals surface area contributed by atoms with E-state index in [0.717, 1.165) is 11.4 Å². The van der Waals surface area contributed by atoms with Gasteiger partial charge in [-0.1, -0.05) is 159 Å². The molecule has 0 saturated heterocycles. The van der Waals surface area contributed by atoms with Crippen molar-refractivity contribution in [3.8, 4) is 55.6 Å². The van der Waals surface area contributed by atoms with Crippen LogP contribution in [-0.4, -0.2) is 0 Å². The van der Waals surface area contributed by atoms with Gasteiger partial charge in [-0.05, 0) is 102 Å².